The number of amides is 5. The second-order valence-electron chi connectivity index (χ2n) is 23.6. The Balaban J connectivity index is 1.23. The summed E-state index contributed by atoms with van der Waals surface area (Å²) < 4.78 is 34.9. The van der Waals surface area contributed by atoms with Crippen LogP contribution >= 0.6 is 0 Å². The number of phenolic OH excluding ortho intramolecular Hbond substituents is 1. The van der Waals surface area contributed by atoms with Crippen molar-refractivity contribution in [2.75, 3.05) is 75.3 Å². The van der Waals surface area contributed by atoms with Crippen molar-refractivity contribution in [1.29, 1.82) is 0 Å². The van der Waals surface area contributed by atoms with Crippen LogP contribution in [0, 0.1) is 11.3 Å². The van der Waals surface area contributed by atoms with Gasteiger partial charge in [0.1, 0.15) is 42.0 Å². The maximum absolute atomic E-state index is 15.0. The number of nitrogens with one attached hydrogen (secondary N) is 1. The number of piperidine rings is 1. The number of nitrogens with zero attached hydrogens (tertiary/aromatic N) is 4. The van der Waals surface area contributed by atoms with E-state index in [1.54, 1.807) is 79.8 Å². The summed E-state index contributed by atoms with van der Waals surface area (Å²) >= 11 is 0. The number of methoxy groups -OCH3 is 3. The zero-order valence-electron chi connectivity index (χ0n) is 53.1. The van der Waals surface area contributed by atoms with E-state index in [-0.39, 0.29) is 76.0 Å². The van der Waals surface area contributed by atoms with E-state index >= 15 is 0 Å². The van der Waals surface area contributed by atoms with Gasteiger partial charge in [-0.3, -0.25) is 33.6 Å². The number of rotatable bonds is 12. The molecule has 21 heteroatoms. The summed E-state index contributed by atoms with van der Waals surface area (Å²) in [6.45, 7) is 1.59. The van der Waals surface area contributed by atoms with Crippen molar-refractivity contribution in [2.24, 2.45) is 11.3 Å². The summed E-state index contributed by atoms with van der Waals surface area (Å²) in [4.78, 5) is 134. The normalized spacial score (nSPS) is 21.0. The van der Waals surface area contributed by atoms with E-state index < -0.39 is 108 Å². The topological polar surface area (TPSA) is 254 Å². The fourth-order valence-electron chi connectivity index (χ4n) is 11.1. The fraction of sp³-hybridized carbons (Fsp3) is 0.414. The lowest BCUT2D eigenvalue weighted by Gasteiger charge is -2.36. The minimum Gasteiger partial charge on any atom is -0.508 e. The summed E-state index contributed by atoms with van der Waals surface area (Å²) in [5.41, 5.74) is 1.70. The number of ether oxygens (including phenoxy) is 6. The van der Waals surface area contributed by atoms with Crippen molar-refractivity contribution in [3.05, 3.63) is 161 Å². The first-order chi connectivity index (χ1) is 43.6. The van der Waals surface area contributed by atoms with Gasteiger partial charge in [0.15, 0.2) is 23.9 Å². The van der Waals surface area contributed by atoms with E-state index in [0.717, 1.165) is 17.2 Å². The highest BCUT2D eigenvalue weighted by Crippen LogP contribution is 2.38. The van der Waals surface area contributed by atoms with Gasteiger partial charge in [-0.1, -0.05) is 91.0 Å². The Bertz CT molecular complexity index is 3390. The van der Waals surface area contributed by atoms with Crippen LogP contribution in [0.25, 0.3) is 0 Å². The molecule has 5 aromatic carbocycles. The van der Waals surface area contributed by atoms with Crippen LogP contribution in [0.2, 0.25) is 0 Å². The van der Waals surface area contributed by atoms with Gasteiger partial charge in [-0.05, 0) is 123 Å². The molecule has 0 radical (unpaired) electrons. The predicted molar refractivity (Wildman–Crippen MR) is 337 cm³/mol. The standard InChI is InChI=1S/C70H83N5O16/c1-70(2)45-90-64(80)27-16-17-34-72(3)67(83)54(37-47-22-13-10-14-23-47)71-62(78)43-73(4)66(82)51(36-46-20-11-9-12-21-46)40-57(77)56(38-48-28-31-52(76)32-29-48)74(5)63(79)44-89-53-25-19-24-49(39-53)58(33-30-50-41-60(87-7)61(88-8)42-59(50)86-6)91-69(85)55-26-15-18-35-75(55)68(84)65(70)81/h9-14,16,19-25,27-29,31-32,39,41-42,51,54-56,58,76H,15,17-18,26,30,33-38,40,43-45H2,1-8H3,(H,71,78)/t51-,54+,55-,56-,58+/m0/s1. The number of Topliss-reactive ketones (excluding diaryl/α,β-unsaturated/α-hetero) is 2. The number of esters is 2. The molecule has 21 nitrogen and oxygen atoms in total. The number of aromatic hydroxyl groups is 1. The molecule has 2 aliphatic rings. The number of phenols is 1. The highest BCUT2D eigenvalue weighted by Gasteiger charge is 2.43. The van der Waals surface area contributed by atoms with Crippen LogP contribution in [-0.4, -0.2) is 171 Å². The molecule has 5 amide bonds. The number of fused-ring (bicyclic) bond motifs is 3. The summed E-state index contributed by atoms with van der Waals surface area (Å²) in [7, 11) is 8.96. The number of ketones is 2. The molecule has 1 saturated heterocycles. The van der Waals surface area contributed by atoms with Gasteiger partial charge in [-0.25, -0.2) is 9.59 Å². The minimum absolute atomic E-state index is 0.0106. The molecule has 0 unspecified atom stereocenters. The number of aryl methyl sites for hydroxylation is 1. The fourth-order valence-corrected chi connectivity index (χ4v) is 11.1. The number of hydrogen-bond donors (Lipinski definition) is 2. The maximum Gasteiger partial charge on any atom is 0.330 e. The van der Waals surface area contributed by atoms with E-state index in [0.29, 0.717) is 46.8 Å². The van der Waals surface area contributed by atoms with Crippen molar-refractivity contribution in [1.82, 2.24) is 24.9 Å². The molecule has 2 bridgehead atoms. The number of cyclic esters (lactones) is 2. The van der Waals surface area contributed by atoms with Crippen LogP contribution in [0.5, 0.6) is 28.7 Å². The molecule has 0 spiro atoms. The molecule has 2 N–H and O–H groups in total. The molecule has 5 aromatic rings. The second-order valence-corrected chi connectivity index (χ2v) is 23.6. The number of benzene rings is 5. The first-order valence-electron chi connectivity index (χ1n) is 30.4. The molecule has 91 heavy (non-hydrogen) atoms. The SMILES string of the molecule is COc1cc(OC)c(OC)cc1CC[C@H]1OC(=O)[C@@H]2CCCCN2C(=O)C(=O)C(C)(C)COC(=O)C=CCCN(C)C(=O)[C@@H](Cc2ccccc2)NC(=O)CN(C)C(=O)[C@@H](Cc2ccccc2)CC(=O)[C@H](Cc2ccc(O)cc2)N(C)C(=O)COc2cccc1c2. The van der Waals surface area contributed by atoms with Crippen LogP contribution in [0.1, 0.15) is 86.3 Å². The van der Waals surface area contributed by atoms with Gasteiger partial charge in [-0.15, -0.1) is 0 Å². The molecule has 5 atom stereocenters. The minimum atomic E-state index is -1.53. The highest BCUT2D eigenvalue weighted by molar-refractivity contribution is 6.38. The van der Waals surface area contributed by atoms with Crippen molar-refractivity contribution in [3.63, 3.8) is 0 Å². The monoisotopic (exact) mass is 1250 g/mol. The molecule has 0 aliphatic carbocycles. The third kappa shape index (κ3) is 19.2. The number of hydrogen-bond acceptors (Lipinski definition) is 16. The van der Waals surface area contributed by atoms with Gasteiger partial charge in [0, 0.05) is 65.1 Å². The predicted octanol–water partition coefficient (Wildman–Crippen LogP) is 7.03. The van der Waals surface area contributed by atoms with Crippen molar-refractivity contribution in [2.45, 2.75) is 102 Å². The summed E-state index contributed by atoms with van der Waals surface area (Å²) in [5, 5.41) is 13.0. The zero-order chi connectivity index (χ0) is 65.8. The molecule has 2 aliphatic heterocycles. The molecule has 1 fully saturated rings. The third-order valence-corrected chi connectivity index (χ3v) is 16.4. The van der Waals surface area contributed by atoms with Gasteiger partial charge in [0.05, 0.1) is 39.3 Å². The van der Waals surface area contributed by atoms with E-state index in [1.807, 2.05) is 36.4 Å². The van der Waals surface area contributed by atoms with Gasteiger partial charge < -0.3 is 58.4 Å². The Morgan fingerprint density at radius 3 is 1.99 bits per heavy atom. The lowest BCUT2D eigenvalue weighted by atomic mass is 9.87. The zero-order valence-corrected chi connectivity index (χ0v) is 53.1. The van der Waals surface area contributed by atoms with Crippen LogP contribution in [-0.2, 0) is 78.3 Å². The second kappa shape index (κ2) is 32.8. The van der Waals surface area contributed by atoms with E-state index in [1.165, 1.54) is 87.1 Å². The lowest BCUT2D eigenvalue weighted by Crippen LogP contribution is -2.53. The van der Waals surface area contributed by atoms with Gasteiger partial charge in [0.25, 0.3) is 11.8 Å². The van der Waals surface area contributed by atoms with Crippen LogP contribution < -0.4 is 24.3 Å². The molecule has 0 saturated carbocycles. The first-order valence-corrected chi connectivity index (χ1v) is 30.4. The summed E-state index contributed by atoms with van der Waals surface area (Å²) in [6.07, 6.45) is 3.30. The largest absolute Gasteiger partial charge is 0.508 e. The van der Waals surface area contributed by atoms with Gasteiger partial charge >= 0.3 is 11.9 Å². The third-order valence-electron chi connectivity index (χ3n) is 16.4. The highest BCUT2D eigenvalue weighted by atomic mass is 16.5. The average Bonchev–Trinajstić information content (AvgIpc) is 2.04. The Kier molecular flexibility index (Phi) is 24.9. The molecule has 0 aromatic heterocycles. The molecular weight excluding hydrogens is 1170 g/mol. The van der Waals surface area contributed by atoms with E-state index in [9.17, 15) is 48.3 Å². The van der Waals surface area contributed by atoms with E-state index in [2.05, 4.69) is 5.32 Å². The smallest absolute Gasteiger partial charge is 0.330 e. The molecule has 484 valence electrons. The van der Waals surface area contributed by atoms with Crippen LogP contribution in [0.3, 0.4) is 0 Å². The lowest BCUT2D eigenvalue weighted by molar-refractivity contribution is -0.165. The summed E-state index contributed by atoms with van der Waals surface area (Å²) in [5.74, 6) is -5.63. The van der Waals surface area contributed by atoms with Crippen molar-refractivity contribution >= 4 is 53.0 Å². The van der Waals surface area contributed by atoms with Crippen LogP contribution in [0.4, 0.5) is 0 Å². The average molecular weight is 1250 g/mol. The summed E-state index contributed by atoms with van der Waals surface area (Å²) in [6, 6.07) is 31.0. The Morgan fingerprint density at radius 2 is 1.32 bits per heavy atom. The number of likely N-dealkylation sites (N-methyl/N-ethyl adjacent to an activating group) is 3. The first kappa shape index (κ1) is 69.0. The Labute approximate surface area is 531 Å². The quantitative estimate of drug-likeness (QED) is 0.0939. The Hall–Kier alpha value is -9.53. The Morgan fingerprint density at radius 1 is 0.670 bits per heavy atom. The van der Waals surface area contributed by atoms with Crippen LogP contribution in [0.15, 0.2) is 133 Å². The number of carbonyl (C=O) groups is 9. The van der Waals surface area contributed by atoms with Gasteiger partial charge in [-0.2, -0.15) is 0 Å². The van der Waals surface area contributed by atoms with E-state index in [4.69, 9.17) is 28.4 Å². The molecule has 2 heterocycles. The molecular formula is C70H83N5O16. The number of carbonyl (C=O) groups excluding carboxylic acids is 9. The van der Waals surface area contributed by atoms with Gasteiger partial charge in [0.2, 0.25) is 23.5 Å². The maximum atomic E-state index is 15.0. The van der Waals surface area contributed by atoms with Crippen molar-refractivity contribution < 1.29 is 76.7 Å². The van der Waals surface area contributed by atoms with Crippen molar-refractivity contribution in [3.8, 4) is 28.7 Å². The molecule has 7 rings (SSSR count).